The predicted molar refractivity (Wildman–Crippen MR) is 93.7 cm³/mol. The zero-order valence-electron chi connectivity index (χ0n) is 14.0. The Kier molecular flexibility index (Phi) is 4.29. The van der Waals surface area contributed by atoms with Crippen molar-refractivity contribution < 1.29 is 9.90 Å². The largest absolute Gasteiger partial charge is 0.391 e. The van der Waals surface area contributed by atoms with Gasteiger partial charge < -0.3 is 14.6 Å². The first-order chi connectivity index (χ1) is 11.7. The van der Waals surface area contributed by atoms with E-state index in [-0.39, 0.29) is 12.0 Å². The van der Waals surface area contributed by atoms with Crippen molar-refractivity contribution in [3.8, 4) is 0 Å². The number of para-hydroxylation sites is 1. The Morgan fingerprint density at radius 2 is 1.88 bits per heavy atom. The molecule has 0 radical (unpaired) electrons. The Morgan fingerprint density at radius 1 is 1.08 bits per heavy atom. The van der Waals surface area contributed by atoms with Crippen LogP contribution >= 0.6 is 0 Å². The van der Waals surface area contributed by atoms with Crippen molar-refractivity contribution in [1.29, 1.82) is 0 Å². The van der Waals surface area contributed by atoms with Gasteiger partial charge in [-0.2, -0.15) is 0 Å². The summed E-state index contributed by atoms with van der Waals surface area (Å²) in [5, 5.41) is 11.2. The van der Waals surface area contributed by atoms with Crippen molar-refractivity contribution >= 4 is 16.8 Å². The molecule has 4 rings (SSSR count). The summed E-state index contributed by atoms with van der Waals surface area (Å²) in [5.41, 5.74) is 1.11. The molecule has 2 heterocycles. The van der Waals surface area contributed by atoms with Gasteiger partial charge in [-0.1, -0.05) is 18.2 Å². The van der Waals surface area contributed by atoms with Gasteiger partial charge >= 0.3 is 0 Å². The lowest BCUT2D eigenvalue weighted by molar-refractivity contribution is -0.134. The Morgan fingerprint density at radius 3 is 2.62 bits per heavy atom. The molecule has 2 unspecified atom stereocenters. The highest BCUT2D eigenvalue weighted by atomic mass is 16.3. The quantitative estimate of drug-likeness (QED) is 0.933. The molecule has 5 heteroatoms. The minimum absolute atomic E-state index is 0.182. The van der Waals surface area contributed by atoms with Gasteiger partial charge in [0, 0.05) is 43.9 Å². The van der Waals surface area contributed by atoms with E-state index in [0.717, 1.165) is 51.0 Å². The second-order valence-corrected chi connectivity index (χ2v) is 6.98. The molecular weight excluding hydrogens is 302 g/mol. The van der Waals surface area contributed by atoms with Crippen LogP contribution in [0.15, 0.2) is 36.5 Å². The average Bonchev–Trinajstić information content (AvgIpc) is 3.22. The zero-order chi connectivity index (χ0) is 16.5. The normalized spacial score (nSPS) is 25.5. The topological polar surface area (TPSA) is 48.7 Å². The van der Waals surface area contributed by atoms with Crippen LogP contribution in [0.5, 0.6) is 0 Å². The summed E-state index contributed by atoms with van der Waals surface area (Å²) in [6, 6.07) is 10.5. The van der Waals surface area contributed by atoms with E-state index in [4.69, 9.17) is 0 Å². The monoisotopic (exact) mass is 327 g/mol. The van der Waals surface area contributed by atoms with Gasteiger partial charge in [0.05, 0.1) is 6.10 Å². The molecule has 128 valence electrons. The lowest BCUT2D eigenvalue weighted by atomic mass is 10.1. The first-order valence-corrected chi connectivity index (χ1v) is 8.96. The molecule has 0 bridgehead atoms. The molecule has 0 spiro atoms. The van der Waals surface area contributed by atoms with E-state index in [1.54, 1.807) is 0 Å². The minimum Gasteiger partial charge on any atom is -0.391 e. The standard InChI is InChI=1S/C19H25N3O2/c23-18-7-3-6-17(18)20-10-12-21(13-11-20)19(24)14-22-9-8-15-4-1-2-5-16(15)22/h1-2,4-5,8-9,17-18,23H,3,6-7,10-14H2. The SMILES string of the molecule is O=C(Cn1ccc2ccccc21)N1CCN(C2CCCC2O)CC1. The van der Waals surface area contributed by atoms with Crippen LogP contribution in [0.4, 0.5) is 0 Å². The minimum atomic E-state index is -0.182. The highest BCUT2D eigenvalue weighted by molar-refractivity contribution is 5.83. The molecule has 1 aliphatic carbocycles. The number of hydrogen-bond donors (Lipinski definition) is 1. The maximum atomic E-state index is 12.6. The van der Waals surface area contributed by atoms with Crippen LogP contribution < -0.4 is 0 Å². The van der Waals surface area contributed by atoms with Crippen LogP contribution in [0.25, 0.3) is 10.9 Å². The molecule has 24 heavy (non-hydrogen) atoms. The van der Waals surface area contributed by atoms with Crippen molar-refractivity contribution in [2.45, 2.75) is 38.0 Å². The van der Waals surface area contributed by atoms with E-state index in [1.807, 2.05) is 27.8 Å². The van der Waals surface area contributed by atoms with Crippen molar-refractivity contribution in [2.24, 2.45) is 0 Å². The fraction of sp³-hybridized carbons (Fsp3) is 0.526. The van der Waals surface area contributed by atoms with Crippen LogP contribution in [0.3, 0.4) is 0 Å². The summed E-state index contributed by atoms with van der Waals surface area (Å²) < 4.78 is 2.03. The van der Waals surface area contributed by atoms with Crippen LogP contribution in [0.1, 0.15) is 19.3 Å². The lowest BCUT2D eigenvalue weighted by Gasteiger charge is -2.39. The fourth-order valence-electron chi connectivity index (χ4n) is 4.17. The average molecular weight is 327 g/mol. The molecule has 1 aromatic heterocycles. The van der Waals surface area contributed by atoms with E-state index in [1.165, 1.54) is 5.39 Å². The maximum Gasteiger partial charge on any atom is 0.242 e. The second kappa shape index (κ2) is 6.57. The van der Waals surface area contributed by atoms with Gasteiger partial charge in [0.2, 0.25) is 5.91 Å². The number of carbonyl (C=O) groups is 1. The van der Waals surface area contributed by atoms with E-state index in [0.29, 0.717) is 12.6 Å². The molecular formula is C19H25N3O2. The molecule has 2 atom stereocenters. The van der Waals surface area contributed by atoms with Crippen molar-refractivity contribution in [2.75, 3.05) is 26.2 Å². The second-order valence-electron chi connectivity index (χ2n) is 6.98. The van der Waals surface area contributed by atoms with Crippen LogP contribution in [-0.2, 0) is 11.3 Å². The van der Waals surface area contributed by atoms with Gasteiger partial charge in [-0.3, -0.25) is 9.69 Å². The summed E-state index contributed by atoms with van der Waals surface area (Å²) in [6.45, 7) is 3.68. The molecule has 1 amide bonds. The fourth-order valence-corrected chi connectivity index (χ4v) is 4.17. The Bertz CT molecular complexity index is 718. The summed E-state index contributed by atoms with van der Waals surface area (Å²) in [5.74, 6) is 0.183. The molecule has 2 fully saturated rings. The summed E-state index contributed by atoms with van der Waals surface area (Å²) in [7, 11) is 0. The molecule has 1 N–H and O–H groups in total. The molecule has 2 aliphatic rings. The molecule has 1 aromatic carbocycles. The van der Waals surface area contributed by atoms with E-state index < -0.39 is 0 Å². The molecule has 1 saturated heterocycles. The summed E-state index contributed by atoms with van der Waals surface area (Å²) in [6.07, 6.45) is 4.94. The highest BCUT2D eigenvalue weighted by Crippen LogP contribution is 2.25. The molecule has 5 nitrogen and oxygen atoms in total. The van der Waals surface area contributed by atoms with Gasteiger partial charge in [0.15, 0.2) is 0 Å². The number of piperazine rings is 1. The number of rotatable bonds is 3. The lowest BCUT2D eigenvalue weighted by Crippen LogP contribution is -2.54. The van der Waals surface area contributed by atoms with E-state index in [9.17, 15) is 9.90 Å². The first-order valence-electron chi connectivity index (χ1n) is 8.96. The maximum absolute atomic E-state index is 12.6. The van der Waals surface area contributed by atoms with Crippen molar-refractivity contribution in [3.05, 3.63) is 36.5 Å². The number of aromatic nitrogens is 1. The van der Waals surface area contributed by atoms with Crippen molar-refractivity contribution in [3.63, 3.8) is 0 Å². The number of aliphatic hydroxyl groups is 1. The van der Waals surface area contributed by atoms with Gasteiger partial charge in [-0.05, 0) is 36.8 Å². The molecule has 1 aliphatic heterocycles. The van der Waals surface area contributed by atoms with Gasteiger partial charge in [-0.15, -0.1) is 0 Å². The number of hydrogen-bond acceptors (Lipinski definition) is 3. The van der Waals surface area contributed by atoms with Gasteiger partial charge in [0.1, 0.15) is 6.54 Å². The number of benzene rings is 1. The number of amides is 1. The van der Waals surface area contributed by atoms with Crippen LogP contribution in [0, 0.1) is 0 Å². The van der Waals surface area contributed by atoms with Crippen LogP contribution in [-0.4, -0.2) is 63.7 Å². The summed E-state index contributed by atoms with van der Waals surface area (Å²) >= 11 is 0. The Balaban J connectivity index is 1.36. The number of nitrogens with zero attached hydrogens (tertiary/aromatic N) is 3. The smallest absolute Gasteiger partial charge is 0.242 e. The third-order valence-corrected chi connectivity index (χ3v) is 5.57. The Hall–Kier alpha value is -1.85. The number of aliphatic hydroxyl groups excluding tert-OH is 1. The van der Waals surface area contributed by atoms with E-state index >= 15 is 0 Å². The number of fused-ring (bicyclic) bond motifs is 1. The van der Waals surface area contributed by atoms with Crippen LogP contribution in [0.2, 0.25) is 0 Å². The van der Waals surface area contributed by atoms with E-state index in [2.05, 4.69) is 23.1 Å². The molecule has 2 aromatic rings. The van der Waals surface area contributed by atoms with Gasteiger partial charge in [-0.25, -0.2) is 0 Å². The van der Waals surface area contributed by atoms with Crippen molar-refractivity contribution in [1.82, 2.24) is 14.4 Å². The first kappa shape index (κ1) is 15.7. The third-order valence-electron chi connectivity index (χ3n) is 5.57. The highest BCUT2D eigenvalue weighted by Gasteiger charge is 2.33. The number of carbonyl (C=O) groups excluding carboxylic acids is 1. The predicted octanol–water partition coefficient (Wildman–Crippen LogP) is 1.70. The zero-order valence-corrected chi connectivity index (χ0v) is 14.0. The molecule has 1 saturated carbocycles. The summed E-state index contributed by atoms with van der Waals surface area (Å²) in [4.78, 5) is 17.0. The van der Waals surface area contributed by atoms with Gasteiger partial charge in [0.25, 0.3) is 0 Å². The third kappa shape index (κ3) is 2.94. The Labute approximate surface area is 142 Å².